The van der Waals surface area contributed by atoms with Crippen molar-refractivity contribution < 1.29 is 43.0 Å². The first-order valence-corrected chi connectivity index (χ1v) is 6.88. The number of alkyl halides is 5. The van der Waals surface area contributed by atoms with E-state index in [1.165, 1.54) is 19.1 Å². The van der Waals surface area contributed by atoms with Crippen LogP contribution in [-0.2, 0) is 33.5 Å². The fourth-order valence-corrected chi connectivity index (χ4v) is 2.18. The molecule has 25 heavy (non-hydrogen) atoms. The molecule has 0 saturated carbocycles. The van der Waals surface area contributed by atoms with Crippen LogP contribution in [-0.4, -0.2) is 15.3 Å². The summed E-state index contributed by atoms with van der Waals surface area (Å²) in [6, 6.07) is 6.27. The molecule has 0 aliphatic carbocycles. The average Bonchev–Trinajstić information content (AvgIpc) is 2.47. The molecule has 0 N–H and O–H groups in total. The summed E-state index contributed by atoms with van der Waals surface area (Å²) in [5, 5.41) is 0.169. The van der Waals surface area contributed by atoms with Gasteiger partial charge in [0.05, 0.1) is 0 Å². The van der Waals surface area contributed by atoms with Crippen molar-refractivity contribution in [1.29, 1.82) is 0 Å². The maximum absolute atomic E-state index is 13.6. The van der Waals surface area contributed by atoms with Crippen molar-refractivity contribution >= 4 is 11.6 Å². The maximum Gasteiger partial charge on any atom is 0.459 e. The van der Waals surface area contributed by atoms with Crippen molar-refractivity contribution in [2.75, 3.05) is 0 Å². The molecule has 4 nitrogen and oxygen atoms in total. The third kappa shape index (κ3) is 3.87. The number of hydrogen-bond donors (Lipinski definition) is 0. The van der Waals surface area contributed by atoms with E-state index < -0.39 is 35.6 Å². The summed E-state index contributed by atoms with van der Waals surface area (Å²) in [5.41, 5.74) is -4.40. The third-order valence-electron chi connectivity index (χ3n) is 3.20. The van der Waals surface area contributed by atoms with Gasteiger partial charge < -0.3 is 0 Å². The van der Waals surface area contributed by atoms with E-state index in [0.717, 1.165) is 6.07 Å². The second kappa shape index (κ2) is 7.41. The Morgan fingerprint density at radius 2 is 1.76 bits per heavy atom. The molecule has 1 aromatic carbocycles. The minimum Gasteiger partial charge on any atom is -0.292 e. The SMILES string of the molecule is CCn1c(C(F)(F)C(F)(F)F)cc(=O)n(-c2c[c-]c(Cl)cc2)c1=O.[W]. The summed E-state index contributed by atoms with van der Waals surface area (Å²) < 4.78 is 65.6. The van der Waals surface area contributed by atoms with Gasteiger partial charge in [0.15, 0.2) is 0 Å². The van der Waals surface area contributed by atoms with Gasteiger partial charge in [0, 0.05) is 33.7 Å². The van der Waals surface area contributed by atoms with E-state index in [1.54, 1.807) is 0 Å². The Labute approximate surface area is 157 Å². The van der Waals surface area contributed by atoms with Crippen LogP contribution in [0.5, 0.6) is 0 Å². The number of halogens is 6. The molecule has 2 aromatic rings. The molecule has 0 bridgehead atoms. The van der Waals surface area contributed by atoms with E-state index >= 15 is 0 Å². The van der Waals surface area contributed by atoms with Crippen LogP contribution >= 0.6 is 11.6 Å². The molecule has 1 aromatic heterocycles. The van der Waals surface area contributed by atoms with Crippen molar-refractivity contribution in [2.45, 2.75) is 25.6 Å². The number of benzene rings is 1. The molecule has 0 saturated heterocycles. The molecule has 11 heteroatoms. The van der Waals surface area contributed by atoms with E-state index in [1.807, 2.05) is 0 Å². The van der Waals surface area contributed by atoms with Gasteiger partial charge in [0.25, 0.3) is 0 Å². The van der Waals surface area contributed by atoms with Gasteiger partial charge in [-0.15, -0.1) is 17.7 Å². The topological polar surface area (TPSA) is 44.0 Å². The fourth-order valence-electron chi connectivity index (χ4n) is 2.06. The minimum atomic E-state index is -5.94. The van der Waals surface area contributed by atoms with Crippen molar-refractivity contribution in [3.8, 4) is 5.69 Å². The van der Waals surface area contributed by atoms with Crippen LogP contribution in [0.2, 0.25) is 5.02 Å². The van der Waals surface area contributed by atoms with Gasteiger partial charge in [-0.1, -0.05) is 10.7 Å². The molecule has 136 valence electrons. The summed E-state index contributed by atoms with van der Waals surface area (Å²) in [6.07, 6.45) is -5.94. The number of aromatic nitrogens is 2. The van der Waals surface area contributed by atoms with Crippen LogP contribution in [0.1, 0.15) is 12.6 Å². The summed E-state index contributed by atoms with van der Waals surface area (Å²) >= 11 is 5.62. The molecule has 0 spiro atoms. The predicted octanol–water partition coefficient (Wildman–Crippen LogP) is 3.12. The van der Waals surface area contributed by atoms with Crippen LogP contribution in [0.15, 0.2) is 33.9 Å². The van der Waals surface area contributed by atoms with Crippen molar-refractivity contribution in [2.24, 2.45) is 0 Å². The zero-order valence-corrected chi connectivity index (χ0v) is 16.1. The second-order valence-corrected chi connectivity index (χ2v) is 5.10. The van der Waals surface area contributed by atoms with Gasteiger partial charge in [-0.2, -0.15) is 40.2 Å². The Balaban J connectivity index is 0.00000312. The van der Waals surface area contributed by atoms with Crippen LogP contribution in [0, 0.1) is 6.07 Å². The summed E-state index contributed by atoms with van der Waals surface area (Å²) in [6.45, 7) is 0.720. The molecular weight excluding hydrogens is 542 g/mol. The number of nitrogens with zero attached hydrogens (tertiary/aromatic N) is 2. The molecule has 0 amide bonds. The maximum atomic E-state index is 13.6. The molecule has 0 fully saturated rings. The first-order valence-electron chi connectivity index (χ1n) is 6.50. The predicted molar refractivity (Wildman–Crippen MR) is 75.8 cm³/mol. The molecule has 0 unspecified atom stereocenters. The van der Waals surface area contributed by atoms with E-state index in [-0.39, 0.29) is 42.4 Å². The zero-order chi connectivity index (χ0) is 18.3. The van der Waals surface area contributed by atoms with Crippen LogP contribution in [0.3, 0.4) is 0 Å². The van der Waals surface area contributed by atoms with Crippen LogP contribution in [0.25, 0.3) is 5.69 Å². The number of hydrogen-bond acceptors (Lipinski definition) is 2. The Hall–Kier alpha value is -1.47. The van der Waals surface area contributed by atoms with E-state index in [2.05, 4.69) is 6.07 Å². The first-order chi connectivity index (χ1) is 11.0. The average molecular weight is 552 g/mol. The van der Waals surface area contributed by atoms with Crippen molar-refractivity contribution in [3.05, 3.63) is 61.9 Å². The quantitative estimate of drug-likeness (QED) is 0.435. The van der Waals surface area contributed by atoms with Gasteiger partial charge in [-0.3, -0.25) is 13.9 Å². The fraction of sp³-hybridized carbons (Fsp3) is 0.286. The Kier molecular flexibility index (Phi) is 6.40. The summed E-state index contributed by atoms with van der Waals surface area (Å²) in [5.74, 6) is -5.34. The first kappa shape index (κ1) is 21.6. The Morgan fingerprint density at radius 1 is 1.16 bits per heavy atom. The van der Waals surface area contributed by atoms with E-state index in [0.29, 0.717) is 4.57 Å². The number of rotatable bonds is 3. The van der Waals surface area contributed by atoms with Crippen molar-refractivity contribution in [3.63, 3.8) is 0 Å². The molecule has 0 aliphatic rings. The van der Waals surface area contributed by atoms with Crippen LogP contribution in [0.4, 0.5) is 22.0 Å². The smallest absolute Gasteiger partial charge is 0.292 e. The standard InChI is InChI=1S/C14H9ClF5N2O2.W/c1-2-21-10(13(16,17)14(18,19)20)7-11(23)22(12(21)24)9-5-3-8(15)4-6-9;/h3,5-7H,2H2,1H3;/q-1;. The summed E-state index contributed by atoms with van der Waals surface area (Å²) in [4.78, 5) is 24.3. The molecule has 1 heterocycles. The molecule has 2 rings (SSSR count). The zero-order valence-electron chi connectivity index (χ0n) is 12.4. The largest absolute Gasteiger partial charge is 0.459 e. The van der Waals surface area contributed by atoms with Gasteiger partial charge >= 0.3 is 17.8 Å². The Morgan fingerprint density at radius 3 is 2.20 bits per heavy atom. The van der Waals surface area contributed by atoms with Gasteiger partial charge in [-0.25, -0.2) is 4.79 Å². The second-order valence-electron chi connectivity index (χ2n) is 4.70. The monoisotopic (exact) mass is 551 g/mol. The normalized spacial score (nSPS) is 12.0. The molecule has 0 radical (unpaired) electrons. The van der Waals surface area contributed by atoms with Gasteiger partial charge in [0.2, 0.25) is 5.56 Å². The van der Waals surface area contributed by atoms with Gasteiger partial charge in [0.1, 0.15) is 5.69 Å². The minimum absolute atomic E-state index is 0. The van der Waals surface area contributed by atoms with Crippen molar-refractivity contribution in [1.82, 2.24) is 9.13 Å². The van der Waals surface area contributed by atoms with Crippen LogP contribution < -0.4 is 11.2 Å². The van der Waals surface area contributed by atoms with E-state index in [9.17, 15) is 31.5 Å². The molecular formula is C14H9ClF5N2O2W-. The third-order valence-corrected chi connectivity index (χ3v) is 3.44. The Bertz CT molecular complexity index is 875. The van der Waals surface area contributed by atoms with Gasteiger partial charge in [-0.05, 0) is 6.92 Å². The molecule has 0 aliphatic heterocycles. The van der Waals surface area contributed by atoms with E-state index in [4.69, 9.17) is 11.6 Å². The summed E-state index contributed by atoms with van der Waals surface area (Å²) in [7, 11) is 0. The molecule has 0 atom stereocenters.